The first-order chi connectivity index (χ1) is 8.40. The molecule has 0 saturated carbocycles. The van der Waals surface area contributed by atoms with E-state index >= 15 is 0 Å². The van der Waals surface area contributed by atoms with E-state index in [9.17, 15) is 9.59 Å². The van der Waals surface area contributed by atoms with Crippen molar-refractivity contribution in [2.75, 3.05) is 5.32 Å². The van der Waals surface area contributed by atoms with E-state index in [1.165, 1.54) is 13.1 Å². The quantitative estimate of drug-likeness (QED) is 0.756. The Morgan fingerprint density at radius 2 is 2.06 bits per heavy atom. The van der Waals surface area contributed by atoms with Gasteiger partial charge in [-0.05, 0) is 31.4 Å². The van der Waals surface area contributed by atoms with Gasteiger partial charge < -0.3 is 10.4 Å². The van der Waals surface area contributed by atoms with Gasteiger partial charge in [-0.25, -0.2) is 9.78 Å². The Morgan fingerprint density at radius 3 is 2.44 bits per heavy atom. The predicted octanol–water partition coefficient (Wildman–Crippen LogP) is 2.20. The van der Waals surface area contributed by atoms with Crippen molar-refractivity contribution in [3.05, 3.63) is 23.9 Å². The Balaban J connectivity index is 2.75. The molecule has 0 radical (unpaired) electrons. The maximum Gasteiger partial charge on any atom is 0.326 e. The number of anilines is 1. The Hall–Kier alpha value is -1.91. The van der Waals surface area contributed by atoms with Crippen LogP contribution in [0.15, 0.2) is 18.3 Å². The fraction of sp³-hybridized carbons (Fsp3) is 0.462. The van der Waals surface area contributed by atoms with Crippen molar-refractivity contribution in [1.82, 2.24) is 4.98 Å². The number of hydrogen-bond donors (Lipinski definition) is 2. The van der Waals surface area contributed by atoms with E-state index in [2.05, 4.69) is 10.3 Å². The maximum absolute atomic E-state index is 11.1. The second kappa shape index (κ2) is 6.14. The van der Waals surface area contributed by atoms with Crippen molar-refractivity contribution < 1.29 is 14.7 Å². The van der Waals surface area contributed by atoms with Crippen LogP contribution in [0.25, 0.3) is 0 Å². The van der Waals surface area contributed by atoms with Gasteiger partial charge in [0.05, 0.1) is 0 Å². The third-order valence-corrected chi connectivity index (χ3v) is 2.50. The van der Waals surface area contributed by atoms with Gasteiger partial charge in [-0.3, -0.25) is 4.79 Å². The largest absolute Gasteiger partial charge is 0.480 e. The summed E-state index contributed by atoms with van der Waals surface area (Å²) < 4.78 is 0. The second-order valence-corrected chi connectivity index (χ2v) is 4.65. The van der Waals surface area contributed by atoms with Crippen molar-refractivity contribution in [3.8, 4) is 0 Å². The highest BCUT2D eigenvalue weighted by Gasteiger charge is 2.18. The number of carboxylic acids is 1. The average molecular weight is 250 g/mol. The van der Waals surface area contributed by atoms with Crippen molar-refractivity contribution in [2.24, 2.45) is 5.92 Å². The summed E-state index contributed by atoms with van der Waals surface area (Å²) in [5.74, 6) is -0.227. The number of aliphatic carboxylic acids is 1. The molecule has 1 heterocycles. The molecular weight excluding hydrogens is 232 g/mol. The molecule has 0 amide bonds. The van der Waals surface area contributed by atoms with E-state index in [1.807, 2.05) is 13.8 Å². The van der Waals surface area contributed by atoms with Gasteiger partial charge in [-0.1, -0.05) is 13.8 Å². The lowest BCUT2D eigenvalue weighted by Gasteiger charge is -2.16. The minimum Gasteiger partial charge on any atom is -0.480 e. The number of Topliss-reactive ketones (excluding diaryl/α,β-unsaturated/α-hetero) is 1. The number of nitrogens with one attached hydrogen (secondary N) is 1. The van der Waals surface area contributed by atoms with Gasteiger partial charge in [0, 0.05) is 11.8 Å². The lowest BCUT2D eigenvalue weighted by molar-refractivity contribution is -0.138. The molecule has 2 N–H and O–H groups in total. The van der Waals surface area contributed by atoms with E-state index in [0.29, 0.717) is 17.8 Å². The zero-order chi connectivity index (χ0) is 13.7. The van der Waals surface area contributed by atoms with Crippen molar-refractivity contribution in [3.63, 3.8) is 0 Å². The molecule has 0 aromatic carbocycles. The molecule has 1 rings (SSSR count). The maximum atomic E-state index is 11.1. The van der Waals surface area contributed by atoms with Gasteiger partial charge in [0.25, 0.3) is 0 Å². The highest BCUT2D eigenvalue weighted by atomic mass is 16.4. The lowest BCUT2D eigenvalue weighted by atomic mass is 10.0. The van der Waals surface area contributed by atoms with E-state index in [1.54, 1.807) is 12.1 Å². The minimum atomic E-state index is -0.902. The number of pyridine rings is 1. The van der Waals surface area contributed by atoms with Gasteiger partial charge in [0.15, 0.2) is 5.78 Å². The third kappa shape index (κ3) is 4.16. The summed E-state index contributed by atoms with van der Waals surface area (Å²) in [5, 5.41) is 11.9. The summed E-state index contributed by atoms with van der Waals surface area (Å²) in [6, 6.07) is 2.58. The molecule has 0 fully saturated rings. The Morgan fingerprint density at radius 1 is 1.39 bits per heavy atom. The van der Waals surface area contributed by atoms with E-state index < -0.39 is 12.0 Å². The van der Waals surface area contributed by atoms with Crippen molar-refractivity contribution >= 4 is 17.6 Å². The number of nitrogens with zero attached hydrogens (tertiary/aromatic N) is 1. The number of carbonyl (C=O) groups excluding carboxylic acids is 1. The summed E-state index contributed by atoms with van der Waals surface area (Å²) in [4.78, 5) is 26.2. The summed E-state index contributed by atoms with van der Waals surface area (Å²) in [6.45, 7) is 5.39. The van der Waals surface area contributed by atoms with E-state index in [4.69, 9.17) is 5.11 Å². The number of rotatable bonds is 6. The Bertz CT molecular complexity index is 426. The molecular formula is C13H18N2O3. The SMILES string of the molecule is CC(=O)c1ccc(N[C@@H](CC(C)C)C(=O)O)nc1. The van der Waals surface area contributed by atoms with Crippen LogP contribution in [-0.4, -0.2) is 27.9 Å². The molecule has 1 aromatic rings. The summed E-state index contributed by atoms with van der Waals surface area (Å²) in [7, 11) is 0. The van der Waals surface area contributed by atoms with Gasteiger partial charge in [-0.2, -0.15) is 0 Å². The predicted molar refractivity (Wildman–Crippen MR) is 68.7 cm³/mol. The molecule has 5 nitrogen and oxygen atoms in total. The van der Waals surface area contributed by atoms with E-state index in [0.717, 1.165) is 0 Å². The van der Waals surface area contributed by atoms with Crippen LogP contribution in [0.2, 0.25) is 0 Å². The number of carboxylic acid groups (broad SMARTS) is 1. The lowest BCUT2D eigenvalue weighted by Crippen LogP contribution is -2.31. The summed E-state index contributed by atoms with van der Waals surface area (Å²) >= 11 is 0. The first-order valence-corrected chi connectivity index (χ1v) is 5.86. The molecule has 0 aliphatic heterocycles. The van der Waals surface area contributed by atoms with Gasteiger partial charge in [0.1, 0.15) is 11.9 Å². The third-order valence-electron chi connectivity index (χ3n) is 2.50. The Kier molecular flexibility index (Phi) is 4.83. The van der Waals surface area contributed by atoms with Crippen LogP contribution >= 0.6 is 0 Å². The molecule has 98 valence electrons. The summed E-state index contributed by atoms with van der Waals surface area (Å²) in [5.41, 5.74) is 0.510. The molecule has 0 spiro atoms. The van der Waals surface area contributed by atoms with Crippen LogP contribution in [0.3, 0.4) is 0 Å². The topological polar surface area (TPSA) is 79.3 Å². The van der Waals surface area contributed by atoms with Crippen molar-refractivity contribution in [2.45, 2.75) is 33.2 Å². The number of hydrogen-bond acceptors (Lipinski definition) is 4. The molecule has 0 aliphatic carbocycles. The highest BCUT2D eigenvalue weighted by Crippen LogP contribution is 2.12. The molecule has 18 heavy (non-hydrogen) atoms. The molecule has 0 saturated heterocycles. The summed E-state index contributed by atoms with van der Waals surface area (Å²) in [6.07, 6.45) is 1.96. The first-order valence-electron chi connectivity index (χ1n) is 5.86. The molecule has 0 unspecified atom stereocenters. The van der Waals surface area contributed by atoms with Crippen LogP contribution < -0.4 is 5.32 Å². The monoisotopic (exact) mass is 250 g/mol. The number of aromatic nitrogens is 1. The number of ketones is 1. The zero-order valence-corrected chi connectivity index (χ0v) is 10.8. The van der Waals surface area contributed by atoms with Crippen LogP contribution in [0.4, 0.5) is 5.82 Å². The average Bonchev–Trinajstić information content (AvgIpc) is 2.28. The van der Waals surface area contributed by atoms with Crippen LogP contribution in [0.5, 0.6) is 0 Å². The molecule has 0 bridgehead atoms. The fourth-order valence-corrected chi connectivity index (χ4v) is 1.56. The van der Waals surface area contributed by atoms with Crippen LogP contribution in [-0.2, 0) is 4.79 Å². The molecule has 1 atom stereocenters. The van der Waals surface area contributed by atoms with Gasteiger partial charge in [0.2, 0.25) is 0 Å². The van der Waals surface area contributed by atoms with Crippen molar-refractivity contribution in [1.29, 1.82) is 0 Å². The van der Waals surface area contributed by atoms with Gasteiger partial charge >= 0.3 is 5.97 Å². The normalized spacial score (nSPS) is 12.2. The highest BCUT2D eigenvalue weighted by molar-refractivity contribution is 5.93. The molecule has 1 aromatic heterocycles. The molecule has 0 aliphatic rings. The van der Waals surface area contributed by atoms with E-state index in [-0.39, 0.29) is 11.7 Å². The minimum absolute atomic E-state index is 0.0639. The number of carbonyl (C=O) groups is 2. The zero-order valence-electron chi connectivity index (χ0n) is 10.8. The second-order valence-electron chi connectivity index (χ2n) is 4.65. The van der Waals surface area contributed by atoms with Crippen LogP contribution in [0.1, 0.15) is 37.6 Å². The Labute approximate surface area is 106 Å². The standard InChI is InChI=1S/C13H18N2O3/c1-8(2)6-11(13(17)18)15-12-5-4-10(7-14-12)9(3)16/h4-5,7-8,11H,6H2,1-3H3,(H,14,15)(H,17,18)/t11-/m0/s1. The first kappa shape index (κ1) is 14.2. The van der Waals surface area contributed by atoms with Gasteiger partial charge in [-0.15, -0.1) is 0 Å². The van der Waals surface area contributed by atoms with Crippen LogP contribution in [0, 0.1) is 5.92 Å². The smallest absolute Gasteiger partial charge is 0.326 e. The molecule has 5 heteroatoms. The fourth-order valence-electron chi connectivity index (χ4n) is 1.56.